The SMILES string of the molecule is O=C(NNC(=O)c1c(O)c2ccccc2[nH]c1=O)c1ccc(Br)cc1. The fraction of sp³-hybridized carbons (Fsp3) is 0. The monoisotopic (exact) mass is 401 g/mol. The molecule has 0 fully saturated rings. The van der Waals surface area contributed by atoms with E-state index in [2.05, 4.69) is 31.8 Å². The first-order valence-electron chi connectivity index (χ1n) is 7.17. The lowest BCUT2D eigenvalue weighted by Crippen LogP contribution is -2.43. The first-order chi connectivity index (χ1) is 12.0. The van der Waals surface area contributed by atoms with E-state index in [1.807, 2.05) is 0 Å². The number of aromatic amines is 1. The van der Waals surface area contributed by atoms with Crippen LogP contribution in [0.2, 0.25) is 0 Å². The normalized spacial score (nSPS) is 10.4. The average molecular weight is 402 g/mol. The summed E-state index contributed by atoms with van der Waals surface area (Å²) in [5, 5.41) is 10.5. The van der Waals surface area contributed by atoms with E-state index in [1.165, 1.54) is 0 Å². The fourth-order valence-corrected chi connectivity index (χ4v) is 2.55. The molecule has 2 aromatic carbocycles. The maximum Gasteiger partial charge on any atom is 0.279 e. The molecule has 0 aliphatic rings. The fourth-order valence-electron chi connectivity index (χ4n) is 2.29. The Morgan fingerprint density at radius 2 is 1.60 bits per heavy atom. The Hall–Kier alpha value is -3.13. The number of hydrogen-bond donors (Lipinski definition) is 4. The van der Waals surface area contributed by atoms with Crippen LogP contribution >= 0.6 is 15.9 Å². The van der Waals surface area contributed by atoms with Gasteiger partial charge in [0.1, 0.15) is 11.3 Å². The molecule has 1 heterocycles. The van der Waals surface area contributed by atoms with E-state index < -0.39 is 28.7 Å². The number of hydrogen-bond acceptors (Lipinski definition) is 4. The number of benzene rings is 2. The van der Waals surface area contributed by atoms with Gasteiger partial charge in [-0.05, 0) is 36.4 Å². The van der Waals surface area contributed by atoms with Crippen molar-refractivity contribution in [1.29, 1.82) is 0 Å². The van der Waals surface area contributed by atoms with E-state index in [4.69, 9.17) is 0 Å². The van der Waals surface area contributed by atoms with E-state index in [-0.39, 0.29) is 0 Å². The summed E-state index contributed by atoms with van der Waals surface area (Å²) >= 11 is 3.26. The highest BCUT2D eigenvalue weighted by molar-refractivity contribution is 9.10. The Balaban J connectivity index is 1.82. The molecule has 25 heavy (non-hydrogen) atoms. The third-order valence-corrected chi connectivity index (χ3v) is 4.05. The van der Waals surface area contributed by atoms with Crippen LogP contribution in [-0.4, -0.2) is 21.9 Å². The molecule has 3 aromatic rings. The van der Waals surface area contributed by atoms with E-state index in [1.54, 1.807) is 48.5 Å². The topological polar surface area (TPSA) is 111 Å². The van der Waals surface area contributed by atoms with Gasteiger partial charge in [-0.1, -0.05) is 28.1 Å². The second kappa shape index (κ2) is 6.78. The number of para-hydroxylation sites is 1. The molecule has 0 unspecified atom stereocenters. The highest BCUT2D eigenvalue weighted by Crippen LogP contribution is 2.24. The lowest BCUT2D eigenvalue weighted by atomic mass is 10.1. The molecule has 8 heteroatoms. The molecular formula is C17H12BrN3O4. The van der Waals surface area contributed by atoms with Crippen LogP contribution in [0.5, 0.6) is 5.75 Å². The van der Waals surface area contributed by atoms with Crippen LogP contribution in [0.25, 0.3) is 10.9 Å². The van der Waals surface area contributed by atoms with Crippen molar-refractivity contribution in [1.82, 2.24) is 15.8 Å². The van der Waals surface area contributed by atoms with Crippen LogP contribution in [0.15, 0.2) is 57.8 Å². The van der Waals surface area contributed by atoms with Crippen LogP contribution in [-0.2, 0) is 0 Å². The molecule has 2 amide bonds. The first-order valence-corrected chi connectivity index (χ1v) is 7.97. The standard InChI is InChI=1S/C17H12BrN3O4/c18-10-7-5-9(6-8-10)15(23)20-21-17(25)13-14(22)11-3-1-2-4-12(11)19-16(13)24/h1-8H,(H,20,23)(H,21,25)(H2,19,22,24). The van der Waals surface area contributed by atoms with Crippen molar-refractivity contribution in [2.45, 2.75) is 0 Å². The minimum Gasteiger partial charge on any atom is -0.506 e. The van der Waals surface area contributed by atoms with E-state index >= 15 is 0 Å². The molecule has 0 aliphatic heterocycles. The highest BCUT2D eigenvalue weighted by Gasteiger charge is 2.19. The molecule has 0 atom stereocenters. The molecule has 3 rings (SSSR count). The van der Waals surface area contributed by atoms with Gasteiger partial charge in [-0.3, -0.25) is 25.2 Å². The smallest absolute Gasteiger partial charge is 0.279 e. The second-order valence-corrected chi connectivity index (χ2v) is 6.05. The van der Waals surface area contributed by atoms with Crippen molar-refractivity contribution < 1.29 is 14.7 Å². The lowest BCUT2D eigenvalue weighted by molar-refractivity contribution is 0.0844. The number of carbonyl (C=O) groups excluding carboxylic acids is 2. The van der Waals surface area contributed by atoms with Gasteiger partial charge >= 0.3 is 0 Å². The zero-order valence-electron chi connectivity index (χ0n) is 12.7. The molecule has 0 saturated carbocycles. The van der Waals surface area contributed by atoms with Gasteiger partial charge in [0.05, 0.1) is 5.52 Å². The van der Waals surface area contributed by atoms with Crippen molar-refractivity contribution in [2.24, 2.45) is 0 Å². The molecule has 0 saturated heterocycles. The quantitative estimate of drug-likeness (QED) is 0.492. The average Bonchev–Trinajstić information content (AvgIpc) is 2.60. The molecule has 0 radical (unpaired) electrons. The number of aromatic hydroxyl groups is 1. The van der Waals surface area contributed by atoms with Gasteiger partial charge in [0, 0.05) is 15.4 Å². The van der Waals surface area contributed by atoms with E-state index in [0.29, 0.717) is 16.5 Å². The number of H-pyrrole nitrogens is 1. The molecule has 4 N–H and O–H groups in total. The van der Waals surface area contributed by atoms with Crippen molar-refractivity contribution in [3.8, 4) is 5.75 Å². The molecular weight excluding hydrogens is 390 g/mol. The number of nitrogens with one attached hydrogen (secondary N) is 3. The van der Waals surface area contributed by atoms with Gasteiger partial charge < -0.3 is 10.1 Å². The van der Waals surface area contributed by atoms with E-state index in [9.17, 15) is 19.5 Å². The molecule has 0 spiro atoms. The zero-order valence-corrected chi connectivity index (χ0v) is 14.3. The maximum atomic E-state index is 12.2. The third kappa shape index (κ3) is 3.38. The summed E-state index contributed by atoms with van der Waals surface area (Å²) in [5.74, 6) is -1.93. The predicted octanol–water partition coefficient (Wildman–Crippen LogP) is 2.07. The molecule has 1 aromatic heterocycles. The van der Waals surface area contributed by atoms with Gasteiger partial charge in [0.15, 0.2) is 0 Å². The number of amides is 2. The van der Waals surface area contributed by atoms with Crippen LogP contribution in [0.4, 0.5) is 0 Å². The Morgan fingerprint density at radius 3 is 2.32 bits per heavy atom. The van der Waals surface area contributed by atoms with Gasteiger partial charge in [-0.2, -0.15) is 0 Å². The molecule has 0 bridgehead atoms. The minimum absolute atomic E-state index is 0.320. The van der Waals surface area contributed by atoms with Crippen LogP contribution < -0.4 is 16.4 Å². The summed E-state index contributed by atoms with van der Waals surface area (Å²) in [4.78, 5) is 38.8. The lowest BCUT2D eigenvalue weighted by Gasteiger charge is -2.09. The Kier molecular flexibility index (Phi) is 4.53. The van der Waals surface area contributed by atoms with Crippen molar-refractivity contribution in [3.63, 3.8) is 0 Å². The van der Waals surface area contributed by atoms with Crippen molar-refractivity contribution in [3.05, 3.63) is 74.5 Å². The summed E-state index contributed by atoms with van der Waals surface area (Å²) in [5.41, 5.74) is 3.82. The third-order valence-electron chi connectivity index (χ3n) is 3.52. The van der Waals surface area contributed by atoms with Gasteiger partial charge in [0.2, 0.25) is 0 Å². The van der Waals surface area contributed by atoms with Gasteiger partial charge in [-0.15, -0.1) is 0 Å². The Bertz CT molecular complexity index is 1030. The summed E-state index contributed by atoms with van der Waals surface area (Å²) in [7, 11) is 0. The first kappa shape index (κ1) is 16.7. The van der Waals surface area contributed by atoms with Gasteiger partial charge in [0.25, 0.3) is 17.4 Å². The van der Waals surface area contributed by atoms with Crippen LogP contribution in [0, 0.1) is 0 Å². The summed E-state index contributed by atoms with van der Waals surface area (Å²) in [6.45, 7) is 0. The molecule has 7 nitrogen and oxygen atoms in total. The number of halogens is 1. The van der Waals surface area contributed by atoms with Crippen LogP contribution in [0.1, 0.15) is 20.7 Å². The number of pyridine rings is 1. The zero-order chi connectivity index (χ0) is 18.0. The van der Waals surface area contributed by atoms with Crippen molar-refractivity contribution >= 4 is 38.6 Å². The number of carbonyl (C=O) groups is 2. The number of rotatable bonds is 2. The Labute approximate surface area is 149 Å². The summed E-state index contributed by atoms with van der Waals surface area (Å²) < 4.78 is 0.806. The van der Waals surface area contributed by atoms with Crippen LogP contribution in [0.3, 0.4) is 0 Å². The maximum absolute atomic E-state index is 12.2. The predicted molar refractivity (Wildman–Crippen MR) is 95.3 cm³/mol. The molecule has 126 valence electrons. The van der Waals surface area contributed by atoms with Gasteiger partial charge in [-0.25, -0.2) is 0 Å². The number of fused-ring (bicyclic) bond motifs is 1. The van der Waals surface area contributed by atoms with E-state index in [0.717, 1.165) is 4.47 Å². The second-order valence-electron chi connectivity index (χ2n) is 5.14. The summed E-state index contributed by atoms with van der Waals surface area (Å²) in [6, 6.07) is 13.0. The Morgan fingerprint density at radius 1 is 0.960 bits per heavy atom. The number of aromatic nitrogens is 1. The van der Waals surface area contributed by atoms with Crippen molar-refractivity contribution in [2.75, 3.05) is 0 Å². The largest absolute Gasteiger partial charge is 0.506 e. The summed E-state index contributed by atoms with van der Waals surface area (Å²) in [6.07, 6.45) is 0. The minimum atomic E-state index is -0.921. The number of hydrazine groups is 1. The highest BCUT2D eigenvalue weighted by atomic mass is 79.9. The molecule has 0 aliphatic carbocycles.